The van der Waals surface area contributed by atoms with Gasteiger partial charge in [-0.15, -0.1) is 24.5 Å². The first-order chi connectivity index (χ1) is 8.92. The molecule has 1 aromatic heterocycles. The number of ether oxygens (including phenoxy) is 2. The van der Waals surface area contributed by atoms with E-state index in [9.17, 15) is 13.2 Å². The number of hydrogen-bond acceptors (Lipinski definition) is 3. The molecule has 2 aromatic rings. The molecule has 2 rings (SSSR count). The van der Waals surface area contributed by atoms with Crippen molar-refractivity contribution in [2.24, 2.45) is 0 Å². The lowest BCUT2D eigenvalue weighted by Crippen LogP contribution is -2.16. The Hall–Kier alpha value is -1.21. The number of rotatable bonds is 4. The van der Waals surface area contributed by atoms with Crippen LogP contribution in [0.15, 0.2) is 40.2 Å². The van der Waals surface area contributed by atoms with E-state index in [-0.39, 0.29) is 5.75 Å². The molecule has 102 valence electrons. The molecule has 0 saturated carbocycles. The minimum Gasteiger partial charge on any atom is -0.488 e. The molecule has 0 N–H and O–H groups in total. The Kier molecular flexibility index (Phi) is 4.36. The van der Waals surface area contributed by atoms with Crippen LogP contribution in [0.1, 0.15) is 4.88 Å². The molecule has 19 heavy (non-hydrogen) atoms. The van der Waals surface area contributed by atoms with Crippen LogP contribution in [0.5, 0.6) is 11.5 Å². The lowest BCUT2D eigenvalue weighted by Gasteiger charge is -2.09. The van der Waals surface area contributed by atoms with Gasteiger partial charge in [0.25, 0.3) is 0 Å². The summed E-state index contributed by atoms with van der Waals surface area (Å²) in [4.78, 5) is 1.02. The molecule has 7 heteroatoms. The maximum atomic E-state index is 12.0. The van der Waals surface area contributed by atoms with Crippen molar-refractivity contribution in [1.82, 2.24) is 0 Å². The smallest absolute Gasteiger partial charge is 0.488 e. The van der Waals surface area contributed by atoms with Crippen molar-refractivity contribution < 1.29 is 22.6 Å². The van der Waals surface area contributed by atoms with Gasteiger partial charge >= 0.3 is 6.36 Å². The van der Waals surface area contributed by atoms with Gasteiger partial charge in [0.05, 0.1) is 0 Å². The average molecular weight is 353 g/mol. The first kappa shape index (κ1) is 14.2. The Labute approximate surface area is 119 Å². The van der Waals surface area contributed by atoms with E-state index in [1.165, 1.54) is 35.6 Å². The molecule has 1 aromatic carbocycles. The highest BCUT2D eigenvalue weighted by molar-refractivity contribution is 9.10. The van der Waals surface area contributed by atoms with Crippen LogP contribution >= 0.6 is 27.3 Å². The summed E-state index contributed by atoms with van der Waals surface area (Å²) in [7, 11) is 0. The molecule has 0 saturated heterocycles. The van der Waals surface area contributed by atoms with Gasteiger partial charge in [-0.05, 0) is 46.3 Å². The van der Waals surface area contributed by atoms with Gasteiger partial charge in [-0.2, -0.15) is 0 Å². The maximum absolute atomic E-state index is 12.0. The zero-order chi connectivity index (χ0) is 13.9. The zero-order valence-electron chi connectivity index (χ0n) is 9.41. The molecule has 0 atom stereocenters. The predicted molar refractivity (Wildman–Crippen MR) is 69.5 cm³/mol. The fraction of sp³-hybridized carbons (Fsp3) is 0.167. The van der Waals surface area contributed by atoms with Crippen LogP contribution in [-0.4, -0.2) is 6.36 Å². The third kappa shape index (κ3) is 4.76. The van der Waals surface area contributed by atoms with E-state index in [2.05, 4.69) is 20.7 Å². The van der Waals surface area contributed by atoms with Crippen molar-refractivity contribution in [2.75, 3.05) is 0 Å². The van der Waals surface area contributed by atoms with E-state index < -0.39 is 6.36 Å². The van der Waals surface area contributed by atoms with Crippen molar-refractivity contribution in [3.05, 3.63) is 45.1 Å². The van der Waals surface area contributed by atoms with Crippen LogP contribution < -0.4 is 9.47 Å². The Bertz CT molecular complexity index is 537. The second kappa shape index (κ2) is 5.83. The van der Waals surface area contributed by atoms with Crippen LogP contribution in [0.3, 0.4) is 0 Å². The topological polar surface area (TPSA) is 18.5 Å². The number of alkyl halides is 3. The monoisotopic (exact) mass is 352 g/mol. The number of halogens is 4. The highest BCUT2D eigenvalue weighted by Gasteiger charge is 2.30. The summed E-state index contributed by atoms with van der Waals surface area (Å²) in [6.07, 6.45) is -4.67. The minimum absolute atomic E-state index is 0.265. The molecule has 0 fully saturated rings. The summed E-state index contributed by atoms with van der Waals surface area (Å²) in [6, 6.07) is 7.22. The molecular formula is C12H8BrF3O2S. The molecule has 0 unspecified atom stereocenters. The Morgan fingerprint density at radius 2 is 1.74 bits per heavy atom. The normalized spacial score (nSPS) is 11.4. The molecule has 0 aliphatic heterocycles. The second-order valence-electron chi connectivity index (χ2n) is 3.54. The summed E-state index contributed by atoms with van der Waals surface area (Å²) in [6.45, 7) is 0.371. The number of hydrogen-bond donors (Lipinski definition) is 0. The van der Waals surface area contributed by atoms with E-state index in [1.54, 1.807) is 0 Å². The summed E-state index contributed by atoms with van der Waals surface area (Å²) >= 11 is 4.86. The van der Waals surface area contributed by atoms with E-state index in [0.717, 1.165) is 9.35 Å². The Balaban J connectivity index is 1.91. The number of thiophene rings is 1. The van der Waals surface area contributed by atoms with Crippen molar-refractivity contribution >= 4 is 27.3 Å². The molecule has 0 amide bonds. The summed E-state index contributed by atoms with van der Waals surface area (Å²) in [5.74, 6) is 0.220. The summed E-state index contributed by atoms with van der Waals surface area (Å²) < 4.78 is 46.1. The van der Waals surface area contributed by atoms with E-state index >= 15 is 0 Å². The molecule has 0 spiro atoms. The molecule has 2 nitrogen and oxygen atoms in total. The maximum Gasteiger partial charge on any atom is 0.573 e. The van der Waals surface area contributed by atoms with Gasteiger partial charge in [-0.1, -0.05) is 0 Å². The molecule has 0 aliphatic rings. The SMILES string of the molecule is FC(F)(F)Oc1ccc(OCc2cc(Br)cs2)cc1. The fourth-order valence-electron chi connectivity index (χ4n) is 1.32. The van der Waals surface area contributed by atoms with E-state index in [4.69, 9.17) is 4.74 Å². The highest BCUT2D eigenvalue weighted by atomic mass is 79.9. The standard InChI is InChI=1S/C12H8BrF3O2S/c13-8-5-11(19-7-8)6-17-9-1-3-10(4-2-9)18-12(14,15)16/h1-5,7H,6H2. The van der Waals surface area contributed by atoms with Crippen molar-refractivity contribution in [2.45, 2.75) is 13.0 Å². The van der Waals surface area contributed by atoms with Crippen molar-refractivity contribution in [3.8, 4) is 11.5 Å². The van der Waals surface area contributed by atoms with Crippen LogP contribution in [0.4, 0.5) is 13.2 Å². The zero-order valence-corrected chi connectivity index (χ0v) is 11.8. The van der Waals surface area contributed by atoms with Crippen LogP contribution in [0.2, 0.25) is 0 Å². The third-order valence-electron chi connectivity index (χ3n) is 2.06. The molecular weight excluding hydrogens is 345 g/mol. The number of benzene rings is 1. The lowest BCUT2D eigenvalue weighted by atomic mass is 10.3. The lowest BCUT2D eigenvalue weighted by molar-refractivity contribution is -0.274. The average Bonchev–Trinajstić information content (AvgIpc) is 2.72. The highest BCUT2D eigenvalue weighted by Crippen LogP contribution is 2.26. The van der Waals surface area contributed by atoms with Crippen molar-refractivity contribution in [1.29, 1.82) is 0 Å². The van der Waals surface area contributed by atoms with E-state index in [1.807, 2.05) is 11.4 Å². The molecule has 1 heterocycles. The van der Waals surface area contributed by atoms with E-state index in [0.29, 0.717) is 12.4 Å². The summed E-state index contributed by atoms with van der Waals surface area (Å²) in [5.41, 5.74) is 0. The molecule has 0 bridgehead atoms. The fourth-order valence-corrected chi connectivity index (χ4v) is 2.68. The van der Waals surface area contributed by atoms with Gasteiger partial charge in [-0.25, -0.2) is 0 Å². The largest absolute Gasteiger partial charge is 0.573 e. The quantitative estimate of drug-likeness (QED) is 0.771. The molecule has 0 aliphatic carbocycles. The van der Waals surface area contributed by atoms with Gasteiger partial charge < -0.3 is 9.47 Å². The first-order valence-electron chi connectivity index (χ1n) is 5.14. The van der Waals surface area contributed by atoms with Crippen LogP contribution in [0.25, 0.3) is 0 Å². The van der Waals surface area contributed by atoms with Gasteiger partial charge in [0.15, 0.2) is 0 Å². The van der Waals surface area contributed by atoms with Gasteiger partial charge in [0.1, 0.15) is 18.1 Å². The minimum atomic E-state index is -4.67. The Morgan fingerprint density at radius 3 is 2.26 bits per heavy atom. The Morgan fingerprint density at radius 1 is 1.11 bits per heavy atom. The van der Waals surface area contributed by atoms with Crippen LogP contribution in [0, 0.1) is 0 Å². The molecule has 0 radical (unpaired) electrons. The van der Waals surface area contributed by atoms with Gasteiger partial charge in [0.2, 0.25) is 0 Å². The summed E-state index contributed by atoms with van der Waals surface area (Å²) in [5, 5.41) is 1.93. The third-order valence-corrected chi connectivity index (χ3v) is 3.73. The van der Waals surface area contributed by atoms with Gasteiger partial charge in [-0.3, -0.25) is 0 Å². The predicted octanol–water partition coefficient (Wildman–Crippen LogP) is 4.99. The van der Waals surface area contributed by atoms with Gasteiger partial charge in [0, 0.05) is 14.7 Å². The van der Waals surface area contributed by atoms with Crippen LogP contribution in [-0.2, 0) is 6.61 Å². The van der Waals surface area contributed by atoms with Crippen molar-refractivity contribution in [3.63, 3.8) is 0 Å². The second-order valence-corrected chi connectivity index (χ2v) is 5.45. The first-order valence-corrected chi connectivity index (χ1v) is 6.81.